The van der Waals surface area contributed by atoms with Crippen molar-refractivity contribution in [1.82, 2.24) is 0 Å². The molecule has 0 N–H and O–H groups in total. The van der Waals surface area contributed by atoms with Crippen LogP contribution in [0, 0.1) is 0 Å². The molecule has 16 heavy (non-hydrogen) atoms. The molecule has 0 bridgehead atoms. The molecule has 86 valence electrons. The first-order valence-corrected chi connectivity index (χ1v) is 6.78. The lowest BCUT2D eigenvalue weighted by atomic mass is 9.91. The van der Waals surface area contributed by atoms with E-state index in [1.54, 1.807) is 0 Å². The minimum absolute atomic E-state index is 0.272. The molecule has 2 nitrogen and oxygen atoms in total. The molecule has 0 saturated heterocycles. The quantitative estimate of drug-likeness (QED) is 0.625. The molecule has 0 unspecified atom stereocenters. The highest BCUT2D eigenvalue weighted by molar-refractivity contribution is 9.09. The molecule has 1 aliphatic rings. The first kappa shape index (κ1) is 11.6. The number of Topliss-reactive ketones (excluding diaryl/α,β-unsaturated/α-hetero) is 1. The van der Waals surface area contributed by atoms with E-state index in [4.69, 9.17) is 4.74 Å². The first-order valence-electron chi connectivity index (χ1n) is 5.66. The van der Waals surface area contributed by atoms with E-state index in [2.05, 4.69) is 15.9 Å². The van der Waals surface area contributed by atoms with Crippen LogP contribution in [0.1, 0.15) is 35.2 Å². The fourth-order valence-corrected chi connectivity index (χ4v) is 2.19. The Morgan fingerprint density at radius 2 is 2.19 bits per heavy atom. The topological polar surface area (TPSA) is 26.3 Å². The number of ketones is 1. The van der Waals surface area contributed by atoms with Crippen LogP contribution in [0.2, 0.25) is 0 Å². The van der Waals surface area contributed by atoms with Gasteiger partial charge in [-0.1, -0.05) is 15.9 Å². The van der Waals surface area contributed by atoms with Crippen LogP contribution < -0.4 is 4.74 Å². The summed E-state index contributed by atoms with van der Waals surface area (Å²) in [4.78, 5) is 11.6. The minimum Gasteiger partial charge on any atom is -0.494 e. The molecule has 2 rings (SSSR count). The van der Waals surface area contributed by atoms with Gasteiger partial charge in [0.05, 0.1) is 6.61 Å². The molecular formula is C13H15BrO2. The van der Waals surface area contributed by atoms with Crippen LogP contribution in [0.15, 0.2) is 18.2 Å². The Hall–Kier alpha value is -0.830. The minimum atomic E-state index is 0.272. The number of carbonyl (C=O) groups excluding carboxylic acids is 1. The number of halogens is 1. The average Bonchev–Trinajstić information content (AvgIpc) is 2.30. The monoisotopic (exact) mass is 282 g/mol. The number of carbonyl (C=O) groups is 1. The summed E-state index contributed by atoms with van der Waals surface area (Å²) < 4.78 is 5.61. The van der Waals surface area contributed by atoms with Gasteiger partial charge in [0.25, 0.3) is 0 Å². The van der Waals surface area contributed by atoms with Crippen molar-refractivity contribution in [1.29, 1.82) is 0 Å². The van der Waals surface area contributed by atoms with Gasteiger partial charge in [-0.15, -0.1) is 0 Å². The van der Waals surface area contributed by atoms with Gasteiger partial charge in [-0.2, -0.15) is 0 Å². The smallest absolute Gasteiger partial charge is 0.163 e. The third-order valence-electron chi connectivity index (χ3n) is 2.77. The Morgan fingerprint density at radius 1 is 1.31 bits per heavy atom. The lowest BCUT2D eigenvalue weighted by Crippen LogP contribution is -2.10. The largest absolute Gasteiger partial charge is 0.494 e. The molecular weight excluding hydrogens is 268 g/mol. The summed E-state index contributed by atoms with van der Waals surface area (Å²) in [6, 6.07) is 5.82. The maximum absolute atomic E-state index is 11.6. The van der Waals surface area contributed by atoms with Gasteiger partial charge in [0, 0.05) is 17.3 Å². The van der Waals surface area contributed by atoms with Gasteiger partial charge >= 0.3 is 0 Å². The molecule has 0 heterocycles. The zero-order valence-electron chi connectivity index (χ0n) is 9.17. The molecule has 1 aromatic carbocycles. The number of aryl methyl sites for hydroxylation is 1. The normalized spacial score (nSPS) is 14.7. The SMILES string of the molecule is O=C1CCCc2cc(OCCCBr)ccc21. The lowest BCUT2D eigenvalue weighted by molar-refractivity contribution is 0.0972. The third-order valence-corrected chi connectivity index (χ3v) is 3.33. The number of fused-ring (bicyclic) bond motifs is 1. The number of hydrogen-bond donors (Lipinski definition) is 0. The van der Waals surface area contributed by atoms with Crippen LogP contribution in [0.4, 0.5) is 0 Å². The van der Waals surface area contributed by atoms with Crippen molar-refractivity contribution in [2.24, 2.45) is 0 Å². The molecule has 0 aromatic heterocycles. The van der Waals surface area contributed by atoms with Crippen molar-refractivity contribution in [2.45, 2.75) is 25.7 Å². The van der Waals surface area contributed by atoms with E-state index in [9.17, 15) is 4.79 Å². The highest BCUT2D eigenvalue weighted by atomic mass is 79.9. The fraction of sp³-hybridized carbons (Fsp3) is 0.462. The summed E-state index contributed by atoms with van der Waals surface area (Å²) in [6.07, 6.45) is 3.65. The second kappa shape index (κ2) is 5.48. The third kappa shape index (κ3) is 2.64. The number of hydrogen-bond acceptors (Lipinski definition) is 2. The van der Waals surface area contributed by atoms with E-state index in [0.29, 0.717) is 6.42 Å². The summed E-state index contributed by atoms with van der Waals surface area (Å²) in [6.45, 7) is 0.720. The standard InChI is InChI=1S/C13H15BrO2/c14-7-2-8-16-11-5-6-12-10(9-11)3-1-4-13(12)15/h5-6,9H,1-4,7-8H2. The number of alkyl halides is 1. The van der Waals surface area contributed by atoms with Crippen LogP contribution in [0.5, 0.6) is 5.75 Å². The Bertz CT molecular complexity index is 388. The highest BCUT2D eigenvalue weighted by Gasteiger charge is 2.17. The Balaban J connectivity index is 2.09. The maximum atomic E-state index is 11.6. The van der Waals surface area contributed by atoms with Gasteiger partial charge in [0.1, 0.15) is 5.75 Å². The van der Waals surface area contributed by atoms with Crippen molar-refractivity contribution in [3.05, 3.63) is 29.3 Å². The van der Waals surface area contributed by atoms with Crippen molar-refractivity contribution in [3.63, 3.8) is 0 Å². The summed E-state index contributed by atoms with van der Waals surface area (Å²) in [5, 5.41) is 0.955. The Kier molecular flexibility index (Phi) is 3.99. The lowest BCUT2D eigenvalue weighted by Gasteiger charge is -2.15. The van der Waals surface area contributed by atoms with E-state index < -0.39 is 0 Å². The molecule has 0 fully saturated rings. The summed E-state index contributed by atoms with van der Waals surface area (Å²) in [5.74, 6) is 1.16. The van der Waals surface area contributed by atoms with Crippen LogP contribution >= 0.6 is 15.9 Å². The van der Waals surface area contributed by atoms with Crippen LogP contribution in [0.3, 0.4) is 0 Å². The summed E-state index contributed by atoms with van der Waals surface area (Å²) >= 11 is 3.37. The first-order chi connectivity index (χ1) is 7.81. The maximum Gasteiger partial charge on any atom is 0.163 e. The molecule has 1 aromatic rings. The molecule has 0 spiro atoms. The molecule has 0 radical (unpaired) electrons. The van der Waals surface area contributed by atoms with Gasteiger partial charge in [0.2, 0.25) is 0 Å². The summed E-state index contributed by atoms with van der Waals surface area (Å²) in [7, 11) is 0. The zero-order chi connectivity index (χ0) is 11.4. The van der Waals surface area contributed by atoms with Gasteiger partial charge in [-0.25, -0.2) is 0 Å². The molecule has 1 aliphatic carbocycles. The number of ether oxygens (including phenoxy) is 1. The fourth-order valence-electron chi connectivity index (χ4n) is 1.96. The second-order valence-corrected chi connectivity index (χ2v) is 4.78. The Labute approximate surface area is 104 Å². The number of rotatable bonds is 4. The van der Waals surface area contributed by atoms with Crippen LogP contribution in [0.25, 0.3) is 0 Å². The summed E-state index contributed by atoms with van der Waals surface area (Å²) in [5.41, 5.74) is 2.03. The van der Waals surface area contributed by atoms with E-state index in [1.165, 1.54) is 0 Å². The van der Waals surface area contributed by atoms with Gasteiger partial charge in [-0.3, -0.25) is 4.79 Å². The van der Waals surface area contributed by atoms with Crippen LogP contribution in [-0.2, 0) is 6.42 Å². The second-order valence-electron chi connectivity index (χ2n) is 3.99. The van der Waals surface area contributed by atoms with E-state index in [0.717, 1.165) is 48.1 Å². The van der Waals surface area contributed by atoms with Gasteiger partial charge in [0.15, 0.2) is 5.78 Å². The molecule has 0 saturated carbocycles. The predicted molar refractivity (Wildman–Crippen MR) is 67.6 cm³/mol. The van der Waals surface area contributed by atoms with Gasteiger partial charge in [-0.05, 0) is 43.0 Å². The van der Waals surface area contributed by atoms with E-state index in [1.807, 2.05) is 18.2 Å². The molecule has 0 amide bonds. The van der Waals surface area contributed by atoms with Crippen molar-refractivity contribution < 1.29 is 9.53 Å². The van der Waals surface area contributed by atoms with E-state index >= 15 is 0 Å². The number of benzene rings is 1. The van der Waals surface area contributed by atoms with Crippen molar-refractivity contribution in [3.8, 4) is 5.75 Å². The zero-order valence-corrected chi connectivity index (χ0v) is 10.8. The van der Waals surface area contributed by atoms with E-state index in [-0.39, 0.29) is 5.78 Å². The Morgan fingerprint density at radius 3 is 3.00 bits per heavy atom. The molecule has 0 aliphatic heterocycles. The predicted octanol–water partition coefficient (Wildman–Crippen LogP) is 3.37. The average molecular weight is 283 g/mol. The molecule has 0 atom stereocenters. The van der Waals surface area contributed by atoms with Crippen LogP contribution in [-0.4, -0.2) is 17.7 Å². The highest BCUT2D eigenvalue weighted by Crippen LogP contribution is 2.25. The van der Waals surface area contributed by atoms with Crippen molar-refractivity contribution in [2.75, 3.05) is 11.9 Å². The van der Waals surface area contributed by atoms with Crippen molar-refractivity contribution >= 4 is 21.7 Å². The molecule has 3 heteroatoms. The van der Waals surface area contributed by atoms with Gasteiger partial charge < -0.3 is 4.74 Å².